The van der Waals surface area contributed by atoms with Gasteiger partial charge >= 0.3 is 5.97 Å². The maximum atomic E-state index is 13.6. The van der Waals surface area contributed by atoms with Crippen LogP contribution in [0.5, 0.6) is 11.5 Å². The molecule has 5 heteroatoms. The van der Waals surface area contributed by atoms with Crippen LogP contribution in [0.1, 0.15) is 24.0 Å². The highest BCUT2D eigenvalue weighted by Crippen LogP contribution is 2.57. The fourth-order valence-corrected chi connectivity index (χ4v) is 4.70. The van der Waals surface area contributed by atoms with Crippen molar-refractivity contribution in [3.05, 3.63) is 59.7 Å². The minimum absolute atomic E-state index is 0.108. The van der Waals surface area contributed by atoms with Gasteiger partial charge < -0.3 is 14.2 Å². The lowest BCUT2D eigenvalue weighted by Crippen LogP contribution is -2.42. The number of ether oxygens (including phenoxy) is 3. The molecular weight excluding hydrogens is 344 g/mol. The monoisotopic (exact) mass is 366 g/mol. The molecule has 5 nitrogen and oxygen atoms in total. The number of esters is 1. The average Bonchev–Trinajstić information content (AvgIpc) is 2.95. The Balaban J connectivity index is 1.88. The molecule has 1 aliphatic heterocycles. The van der Waals surface area contributed by atoms with Gasteiger partial charge in [0.25, 0.3) is 0 Å². The highest BCUT2D eigenvalue weighted by atomic mass is 16.5. The summed E-state index contributed by atoms with van der Waals surface area (Å²) < 4.78 is 16.3. The van der Waals surface area contributed by atoms with Gasteiger partial charge in [-0.1, -0.05) is 36.4 Å². The molecule has 2 aromatic carbocycles. The smallest absolute Gasteiger partial charge is 0.316 e. The molecule has 2 aromatic rings. The van der Waals surface area contributed by atoms with Gasteiger partial charge in [-0.05, 0) is 18.6 Å². The van der Waals surface area contributed by atoms with Crippen molar-refractivity contribution in [3.8, 4) is 11.5 Å². The molecule has 1 aliphatic carbocycles. The number of Topliss-reactive ketones (excluding diaryl/α,β-unsaturated/α-hetero) is 1. The van der Waals surface area contributed by atoms with Crippen LogP contribution in [-0.4, -0.2) is 32.6 Å². The number of carbonyl (C=O) groups excluding carboxylic acids is 2. The number of rotatable bonds is 3. The fourth-order valence-electron chi connectivity index (χ4n) is 4.70. The topological polar surface area (TPSA) is 61.8 Å². The molecule has 1 fully saturated rings. The first-order chi connectivity index (χ1) is 13.0. The molecular formula is C22H22O5. The van der Waals surface area contributed by atoms with Crippen LogP contribution in [0.15, 0.2) is 48.5 Å². The van der Waals surface area contributed by atoms with Gasteiger partial charge in [-0.3, -0.25) is 9.59 Å². The summed E-state index contributed by atoms with van der Waals surface area (Å²) in [4.78, 5) is 26.2. The lowest BCUT2D eigenvalue weighted by atomic mass is 9.69. The first-order valence-corrected chi connectivity index (χ1v) is 9.00. The maximum absolute atomic E-state index is 13.6. The summed E-state index contributed by atoms with van der Waals surface area (Å²) in [7, 11) is 2.92. The van der Waals surface area contributed by atoms with Crippen LogP contribution in [-0.2, 0) is 19.7 Å². The summed E-state index contributed by atoms with van der Waals surface area (Å²) in [5, 5.41) is 0. The van der Waals surface area contributed by atoms with Gasteiger partial charge in [-0.15, -0.1) is 0 Å². The Labute approximate surface area is 158 Å². The summed E-state index contributed by atoms with van der Waals surface area (Å²) in [6.07, 6.45) is 0. The van der Waals surface area contributed by atoms with Gasteiger partial charge in [0.2, 0.25) is 0 Å². The van der Waals surface area contributed by atoms with Crippen LogP contribution in [0.3, 0.4) is 0 Å². The molecule has 0 spiro atoms. The molecule has 0 amide bonds. The fraction of sp³-hybridized carbons (Fsp3) is 0.364. The highest BCUT2D eigenvalue weighted by Gasteiger charge is 2.63. The summed E-state index contributed by atoms with van der Waals surface area (Å²) in [5.74, 6) is -0.570. The van der Waals surface area contributed by atoms with Crippen LogP contribution >= 0.6 is 0 Å². The quantitative estimate of drug-likeness (QED) is 0.617. The van der Waals surface area contributed by atoms with E-state index >= 15 is 0 Å². The number of ketones is 1. The van der Waals surface area contributed by atoms with Crippen LogP contribution in [0, 0.1) is 11.8 Å². The molecule has 2 aliphatic rings. The van der Waals surface area contributed by atoms with Crippen LogP contribution in [0.4, 0.5) is 0 Å². The molecule has 0 aromatic heterocycles. The zero-order valence-electron chi connectivity index (χ0n) is 15.6. The first kappa shape index (κ1) is 17.6. The second-order valence-corrected chi connectivity index (χ2v) is 7.28. The lowest BCUT2D eigenvalue weighted by molar-refractivity contribution is -0.149. The number of methoxy groups -OCH3 is 2. The van der Waals surface area contributed by atoms with E-state index in [0.29, 0.717) is 18.1 Å². The maximum Gasteiger partial charge on any atom is 0.316 e. The van der Waals surface area contributed by atoms with Gasteiger partial charge in [-0.2, -0.15) is 0 Å². The van der Waals surface area contributed by atoms with E-state index in [1.54, 1.807) is 13.2 Å². The number of benzene rings is 2. The van der Waals surface area contributed by atoms with E-state index in [1.165, 1.54) is 7.11 Å². The van der Waals surface area contributed by atoms with E-state index < -0.39 is 17.3 Å². The Kier molecular flexibility index (Phi) is 4.17. The summed E-state index contributed by atoms with van der Waals surface area (Å²) in [6.45, 7) is 2.28. The SMILES string of the molecule is COC(=O)[C@H]1C(=O)[C@@]2(C)c3ccc(OC)cc3OC[C@@H]2[C@@H]1c1ccccc1. The Hall–Kier alpha value is -2.82. The van der Waals surface area contributed by atoms with Gasteiger partial charge in [0.05, 0.1) is 26.2 Å². The van der Waals surface area contributed by atoms with Crippen LogP contribution < -0.4 is 9.47 Å². The normalized spacial score (nSPS) is 28.7. The Bertz CT molecular complexity index is 891. The number of hydrogen-bond acceptors (Lipinski definition) is 5. The zero-order chi connectivity index (χ0) is 19.2. The molecule has 0 bridgehead atoms. The Morgan fingerprint density at radius 3 is 2.56 bits per heavy atom. The first-order valence-electron chi connectivity index (χ1n) is 9.00. The molecule has 0 N–H and O–H groups in total. The number of hydrogen-bond donors (Lipinski definition) is 0. The third kappa shape index (κ3) is 2.45. The van der Waals surface area contributed by atoms with Crippen LogP contribution in [0.25, 0.3) is 0 Å². The second-order valence-electron chi connectivity index (χ2n) is 7.28. The molecule has 0 saturated heterocycles. The summed E-state index contributed by atoms with van der Waals surface area (Å²) in [6, 6.07) is 15.2. The van der Waals surface area contributed by atoms with Gasteiger partial charge in [0.1, 0.15) is 17.4 Å². The summed E-state index contributed by atoms with van der Waals surface area (Å²) in [5.41, 5.74) is 0.937. The number of fused-ring (bicyclic) bond motifs is 3. The molecule has 27 heavy (non-hydrogen) atoms. The molecule has 1 saturated carbocycles. The highest BCUT2D eigenvalue weighted by molar-refractivity contribution is 6.08. The van der Waals surface area contributed by atoms with E-state index in [9.17, 15) is 9.59 Å². The third-order valence-electron chi connectivity index (χ3n) is 6.13. The second kappa shape index (κ2) is 6.41. The van der Waals surface area contributed by atoms with Gasteiger partial charge in [0.15, 0.2) is 5.78 Å². The minimum atomic E-state index is -0.843. The Morgan fingerprint density at radius 2 is 1.89 bits per heavy atom. The molecule has 4 rings (SSSR count). The third-order valence-corrected chi connectivity index (χ3v) is 6.13. The Morgan fingerprint density at radius 1 is 1.15 bits per heavy atom. The molecule has 0 unspecified atom stereocenters. The predicted octanol–water partition coefficient (Wildman–Crippen LogP) is 3.12. The van der Waals surface area contributed by atoms with Crippen molar-refractivity contribution >= 4 is 11.8 Å². The van der Waals surface area contributed by atoms with Crippen molar-refractivity contribution < 1.29 is 23.8 Å². The van der Waals surface area contributed by atoms with Crippen molar-refractivity contribution in [2.24, 2.45) is 11.8 Å². The van der Waals surface area contributed by atoms with E-state index in [2.05, 4.69) is 0 Å². The van der Waals surface area contributed by atoms with Crippen molar-refractivity contribution in [3.63, 3.8) is 0 Å². The van der Waals surface area contributed by atoms with E-state index in [4.69, 9.17) is 14.2 Å². The number of carbonyl (C=O) groups is 2. The molecule has 1 heterocycles. The van der Waals surface area contributed by atoms with Crippen LogP contribution in [0.2, 0.25) is 0 Å². The van der Waals surface area contributed by atoms with E-state index in [1.807, 2.05) is 49.4 Å². The lowest BCUT2D eigenvalue weighted by Gasteiger charge is -2.38. The standard InChI is InChI=1S/C22H22O5/c1-22-15-10-9-14(25-2)11-17(15)27-12-16(22)18(13-7-5-4-6-8-13)19(20(22)23)21(24)26-3/h4-11,16,18-19H,12H2,1-3H3/t16-,18+,19-,22+/m1/s1. The van der Waals surface area contributed by atoms with Gasteiger partial charge in [-0.25, -0.2) is 0 Å². The largest absolute Gasteiger partial charge is 0.497 e. The average molecular weight is 366 g/mol. The van der Waals surface area contributed by atoms with Crippen molar-refractivity contribution in [1.82, 2.24) is 0 Å². The minimum Gasteiger partial charge on any atom is -0.497 e. The van der Waals surface area contributed by atoms with Crippen molar-refractivity contribution in [1.29, 1.82) is 0 Å². The molecule has 140 valence electrons. The summed E-state index contributed by atoms with van der Waals surface area (Å²) >= 11 is 0. The van der Waals surface area contributed by atoms with Crippen molar-refractivity contribution in [2.75, 3.05) is 20.8 Å². The van der Waals surface area contributed by atoms with Gasteiger partial charge in [0, 0.05) is 23.5 Å². The van der Waals surface area contributed by atoms with E-state index in [-0.39, 0.29) is 17.6 Å². The predicted molar refractivity (Wildman–Crippen MR) is 99.0 cm³/mol. The zero-order valence-corrected chi connectivity index (χ0v) is 15.6. The molecule has 0 radical (unpaired) electrons. The van der Waals surface area contributed by atoms with E-state index in [0.717, 1.165) is 11.1 Å². The molecule has 4 atom stereocenters. The van der Waals surface area contributed by atoms with Crippen molar-refractivity contribution in [2.45, 2.75) is 18.3 Å².